The van der Waals surface area contributed by atoms with Crippen LogP contribution in [0.4, 0.5) is 5.69 Å². The summed E-state index contributed by atoms with van der Waals surface area (Å²) in [5, 5.41) is 13.0. The standard InChI is InChI=1S/C17H16N4O4/c1-10-14(6-7-24-10)16(23)18-9-15(22)19-13-5-3-4-12(8-13)17-21-20-11(2)25-17/h3-8H,9H2,1-2H3,(H,18,23)(H,19,22). The second-order valence-electron chi connectivity index (χ2n) is 5.33. The van der Waals surface area contributed by atoms with Gasteiger partial charge in [-0.1, -0.05) is 6.07 Å². The molecule has 25 heavy (non-hydrogen) atoms. The maximum Gasteiger partial charge on any atom is 0.255 e. The monoisotopic (exact) mass is 340 g/mol. The summed E-state index contributed by atoms with van der Waals surface area (Å²) in [4.78, 5) is 24.0. The Bertz CT molecular complexity index is 913. The molecule has 0 fully saturated rings. The van der Waals surface area contributed by atoms with Crippen molar-refractivity contribution in [2.75, 3.05) is 11.9 Å². The number of rotatable bonds is 5. The van der Waals surface area contributed by atoms with E-state index < -0.39 is 0 Å². The van der Waals surface area contributed by atoms with Crippen molar-refractivity contribution in [3.05, 3.63) is 53.8 Å². The van der Waals surface area contributed by atoms with Gasteiger partial charge in [0.25, 0.3) is 5.91 Å². The first-order valence-corrected chi connectivity index (χ1v) is 7.55. The molecule has 0 atom stereocenters. The molecular weight excluding hydrogens is 324 g/mol. The van der Waals surface area contributed by atoms with Crippen molar-refractivity contribution in [3.63, 3.8) is 0 Å². The van der Waals surface area contributed by atoms with E-state index in [-0.39, 0.29) is 18.4 Å². The summed E-state index contributed by atoms with van der Waals surface area (Å²) in [7, 11) is 0. The summed E-state index contributed by atoms with van der Waals surface area (Å²) in [5.74, 6) is 0.615. The molecule has 8 heteroatoms. The van der Waals surface area contributed by atoms with Crippen LogP contribution in [0, 0.1) is 13.8 Å². The summed E-state index contributed by atoms with van der Waals surface area (Å²) in [5.41, 5.74) is 1.66. The summed E-state index contributed by atoms with van der Waals surface area (Å²) < 4.78 is 10.4. The quantitative estimate of drug-likeness (QED) is 0.737. The molecule has 0 aliphatic heterocycles. The van der Waals surface area contributed by atoms with Crippen LogP contribution < -0.4 is 10.6 Å². The number of benzene rings is 1. The molecule has 0 spiro atoms. The Balaban J connectivity index is 1.60. The number of nitrogens with zero attached hydrogens (tertiary/aromatic N) is 2. The van der Waals surface area contributed by atoms with Crippen LogP contribution in [0.3, 0.4) is 0 Å². The normalized spacial score (nSPS) is 10.5. The highest BCUT2D eigenvalue weighted by Gasteiger charge is 2.13. The maximum atomic E-state index is 12.0. The first-order valence-electron chi connectivity index (χ1n) is 7.55. The third kappa shape index (κ3) is 3.92. The highest BCUT2D eigenvalue weighted by atomic mass is 16.4. The molecule has 8 nitrogen and oxygen atoms in total. The van der Waals surface area contributed by atoms with Gasteiger partial charge in [-0.05, 0) is 31.2 Å². The van der Waals surface area contributed by atoms with Crippen LogP contribution in [0.5, 0.6) is 0 Å². The molecule has 0 aliphatic rings. The van der Waals surface area contributed by atoms with Gasteiger partial charge in [-0.2, -0.15) is 0 Å². The average Bonchev–Trinajstić information content (AvgIpc) is 3.21. The van der Waals surface area contributed by atoms with E-state index in [9.17, 15) is 9.59 Å². The number of amides is 2. The van der Waals surface area contributed by atoms with E-state index in [0.29, 0.717) is 34.4 Å². The Hall–Kier alpha value is -3.42. The smallest absolute Gasteiger partial charge is 0.255 e. The highest BCUT2D eigenvalue weighted by Crippen LogP contribution is 2.21. The molecule has 128 valence electrons. The van der Waals surface area contributed by atoms with E-state index in [2.05, 4.69) is 20.8 Å². The molecule has 0 radical (unpaired) electrons. The second kappa shape index (κ2) is 7.00. The number of carbonyl (C=O) groups excluding carboxylic acids is 2. The van der Waals surface area contributed by atoms with Crippen molar-refractivity contribution < 1.29 is 18.4 Å². The average molecular weight is 340 g/mol. The van der Waals surface area contributed by atoms with Gasteiger partial charge in [0, 0.05) is 18.2 Å². The van der Waals surface area contributed by atoms with Crippen LogP contribution in [0.2, 0.25) is 0 Å². The molecule has 0 unspecified atom stereocenters. The SMILES string of the molecule is Cc1nnc(-c2cccc(NC(=O)CNC(=O)c3ccoc3C)c2)o1. The number of nitrogens with one attached hydrogen (secondary N) is 2. The summed E-state index contributed by atoms with van der Waals surface area (Å²) >= 11 is 0. The molecular formula is C17H16N4O4. The lowest BCUT2D eigenvalue weighted by Gasteiger charge is -2.07. The van der Waals surface area contributed by atoms with Crippen LogP contribution in [0.25, 0.3) is 11.5 Å². The predicted octanol–water partition coefficient (Wildman–Crippen LogP) is 2.31. The number of anilines is 1. The first kappa shape index (κ1) is 16.4. The van der Waals surface area contributed by atoms with E-state index in [4.69, 9.17) is 8.83 Å². The molecule has 3 aromatic rings. The van der Waals surface area contributed by atoms with Crippen LogP contribution in [-0.2, 0) is 4.79 Å². The molecule has 3 rings (SSSR count). The van der Waals surface area contributed by atoms with E-state index in [1.807, 2.05) is 0 Å². The molecule has 2 heterocycles. The third-order valence-corrected chi connectivity index (χ3v) is 3.43. The zero-order valence-electron chi connectivity index (χ0n) is 13.7. The fourth-order valence-corrected chi connectivity index (χ4v) is 2.22. The van der Waals surface area contributed by atoms with E-state index >= 15 is 0 Å². The van der Waals surface area contributed by atoms with Crippen molar-refractivity contribution in [2.24, 2.45) is 0 Å². The van der Waals surface area contributed by atoms with E-state index in [0.717, 1.165) is 0 Å². The second-order valence-corrected chi connectivity index (χ2v) is 5.33. The largest absolute Gasteiger partial charge is 0.469 e. The van der Waals surface area contributed by atoms with Crippen LogP contribution in [-0.4, -0.2) is 28.6 Å². The molecule has 0 saturated carbocycles. The highest BCUT2D eigenvalue weighted by molar-refractivity contribution is 5.99. The summed E-state index contributed by atoms with van der Waals surface area (Å²) in [6, 6.07) is 8.56. The lowest BCUT2D eigenvalue weighted by molar-refractivity contribution is -0.115. The van der Waals surface area contributed by atoms with Crippen molar-refractivity contribution in [1.29, 1.82) is 0 Å². The number of aromatic nitrogens is 2. The topological polar surface area (TPSA) is 110 Å². The van der Waals surface area contributed by atoms with Gasteiger partial charge in [-0.3, -0.25) is 9.59 Å². The van der Waals surface area contributed by atoms with Crippen molar-refractivity contribution in [1.82, 2.24) is 15.5 Å². The Labute approximate surface area is 143 Å². The van der Waals surface area contributed by atoms with Gasteiger partial charge < -0.3 is 19.5 Å². The fourth-order valence-electron chi connectivity index (χ4n) is 2.22. The predicted molar refractivity (Wildman–Crippen MR) is 88.9 cm³/mol. The molecule has 0 bridgehead atoms. The van der Waals surface area contributed by atoms with E-state index in [1.165, 1.54) is 6.26 Å². The van der Waals surface area contributed by atoms with Crippen LogP contribution in [0.1, 0.15) is 22.0 Å². The van der Waals surface area contributed by atoms with Crippen molar-refractivity contribution in [2.45, 2.75) is 13.8 Å². The third-order valence-electron chi connectivity index (χ3n) is 3.43. The van der Waals surface area contributed by atoms with Crippen molar-refractivity contribution >= 4 is 17.5 Å². The molecule has 2 amide bonds. The number of carbonyl (C=O) groups is 2. The van der Waals surface area contributed by atoms with Gasteiger partial charge in [0.15, 0.2) is 0 Å². The van der Waals surface area contributed by atoms with Gasteiger partial charge in [0.1, 0.15) is 5.76 Å². The Morgan fingerprint density at radius 1 is 1.16 bits per heavy atom. The minimum absolute atomic E-state index is 0.159. The zero-order chi connectivity index (χ0) is 17.8. The Morgan fingerprint density at radius 3 is 2.68 bits per heavy atom. The molecule has 1 aromatic carbocycles. The number of aryl methyl sites for hydroxylation is 2. The van der Waals surface area contributed by atoms with Crippen LogP contribution in [0.15, 0.2) is 45.4 Å². The molecule has 0 aliphatic carbocycles. The number of furan rings is 1. The van der Waals surface area contributed by atoms with Gasteiger partial charge in [0.2, 0.25) is 17.7 Å². The minimum atomic E-state index is -0.364. The van der Waals surface area contributed by atoms with Gasteiger partial charge in [-0.15, -0.1) is 10.2 Å². The number of hydrogen-bond donors (Lipinski definition) is 2. The Kier molecular flexibility index (Phi) is 4.60. The molecule has 2 aromatic heterocycles. The maximum absolute atomic E-state index is 12.0. The lowest BCUT2D eigenvalue weighted by Crippen LogP contribution is -2.32. The Morgan fingerprint density at radius 2 is 2.00 bits per heavy atom. The van der Waals surface area contributed by atoms with E-state index in [1.54, 1.807) is 44.2 Å². The number of hydrogen-bond acceptors (Lipinski definition) is 6. The summed E-state index contributed by atoms with van der Waals surface area (Å²) in [6.07, 6.45) is 1.43. The van der Waals surface area contributed by atoms with Crippen molar-refractivity contribution in [3.8, 4) is 11.5 Å². The van der Waals surface area contributed by atoms with Gasteiger partial charge in [-0.25, -0.2) is 0 Å². The van der Waals surface area contributed by atoms with Gasteiger partial charge in [0.05, 0.1) is 18.4 Å². The fraction of sp³-hybridized carbons (Fsp3) is 0.176. The zero-order valence-corrected chi connectivity index (χ0v) is 13.7. The summed E-state index contributed by atoms with van der Waals surface area (Å²) in [6.45, 7) is 3.22. The molecule has 2 N–H and O–H groups in total. The van der Waals surface area contributed by atoms with Gasteiger partial charge >= 0.3 is 0 Å². The first-order chi connectivity index (χ1) is 12.0. The minimum Gasteiger partial charge on any atom is -0.469 e. The molecule has 0 saturated heterocycles. The lowest BCUT2D eigenvalue weighted by atomic mass is 10.2. The van der Waals surface area contributed by atoms with Crippen LogP contribution >= 0.6 is 0 Å².